The Labute approximate surface area is 627 Å². The van der Waals surface area contributed by atoms with Crippen LogP contribution in [0.5, 0.6) is 46.0 Å². The van der Waals surface area contributed by atoms with E-state index < -0.39 is 71.7 Å². The van der Waals surface area contributed by atoms with Crippen LogP contribution in [0, 0.1) is 55.4 Å². The Balaban J connectivity index is 1.10. The number of aryl methyl sites for hydroxylation is 8. The molecule has 0 bridgehead atoms. The van der Waals surface area contributed by atoms with Gasteiger partial charge in [0, 0.05) is 134 Å². The lowest BCUT2D eigenvalue weighted by molar-refractivity contribution is -0.143. The number of ether oxygens (including phenoxy) is 8. The van der Waals surface area contributed by atoms with E-state index in [1.165, 1.54) is 14.2 Å². The predicted octanol–water partition coefficient (Wildman–Crippen LogP) is 13.9. The zero-order valence-electron chi connectivity index (χ0n) is 63.7. The summed E-state index contributed by atoms with van der Waals surface area (Å²) in [6.07, 6.45) is -2.11. The van der Waals surface area contributed by atoms with E-state index in [1.807, 2.05) is 128 Å². The van der Waals surface area contributed by atoms with E-state index in [4.69, 9.17) is 37.9 Å². The van der Waals surface area contributed by atoms with E-state index >= 15 is 28.8 Å². The van der Waals surface area contributed by atoms with Crippen molar-refractivity contribution in [2.45, 2.75) is 107 Å². The number of piperazine rings is 2. The number of carbonyl (C=O) groups is 8. The second-order valence-corrected chi connectivity index (χ2v) is 29.3. The van der Waals surface area contributed by atoms with Crippen LogP contribution in [0.1, 0.15) is 114 Å². The van der Waals surface area contributed by atoms with Crippen LogP contribution < -0.4 is 18.9 Å². The highest BCUT2D eigenvalue weighted by atomic mass is 16.5. The molecule has 22 nitrogen and oxygen atoms in total. The maximum Gasteiger partial charge on any atom is 0.333 e. The van der Waals surface area contributed by atoms with Gasteiger partial charge in [-0.15, -0.1) is 0 Å². The van der Waals surface area contributed by atoms with Crippen molar-refractivity contribution < 1.29 is 76.3 Å². The first-order chi connectivity index (χ1) is 51.5. The van der Waals surface area contributed by atoms with Gasteiger partial charge in [-0.3, -0.25) is 48.4 Å². The molecule has 2 saturated heterocycles. The van der Waals surface area contributed by atoms with Crippen molar-refractivity contribution in [2.75, 3.05) is 92.9 Å². The van der Waals surface area contributed by atoms with E-state index in [-0.39, 0.29) is 139 Å². The minimum atomic E-state index is -1.52. The smallest absolute Gasteiger partial charge is 0.333 e. The molecule has 0 aromatic heterocycles. The van der Waals surface area contributed by atoms with Gasteiger partial charge in [-0.2, -0.15) is 0 Å². The van der Waals surface area contributed by atoms with E-state index in [0.717, 1.165) is 54.3 Å². The number of nitrogens with zero attached hydrogens (tertiary/aromatic N) is 6. The number of hydrogen-bond acceptors (Lipinski definition) is 18. The molecule has 13 rings (SSSR count). The number of methoxy groups -OCH3 is 2. The molecule has 4 unspecified atom stereocenters. The van der Waals surface area contributed by atoms with E-state index in [9.17, 15) is 9.59 Å². The third-order valence-corrected chi connectivity index (χ3v) is 20.7. The molecular weight excluding hydrogens is 1370 g/mol. The fraction of sp³-hybridized carbons (Fsp3) is 0.349. The monoisotopic (exact) mass is 1460 g/mol. The average molecular weight is 1460 g/mol. The van der Waals surface area contributed by atoms with Crippen molar-refractivity contribution in [2.24, 2.45) is 0 Å². The van der Waals surface area contributed by atoms with Gasteiger partial charge in [-0.25, -0.2) is 9.59 Å². The number of carbonyl (C=O) groups excluding carboxylic acids is 8. The van der Waals surface area contributed by atoms with Crippen LogP contribution >= 0.6 is 0 Å². The van der Waals surface area contributed by atoms with Crippen molar-refractivity contribution in [3.63, 3.8) is 0 Å². The van der Waals surface area contributed by atoms with Gasteiger partial charge in [0.2, 0.25) is 11.8 Å². The topological polar surface area (TPSA) is 230 Å². The number of hydrogen-bond donors (Lipinski definition) is 0. The average Bonchev–Trinajstić information content (AvgIpc) is 0.670. The summed E-state index contributed by atoms with van der Waals surface area (Å²) >= 11 is 0. The molecule has 9 aromatic carbocycles. The van der Waals surface area contributed by atoms with Crippen molar-refractivity contribution in [1.82, 2.24) is 29.4 Å². The van der Waals surface area contributed by atoms with Crippen molar-refractivity contribution in [1.29, 1.82) is 0 Å². The van der Waals surface area contributed by atoms with Crippen LogP contribution in [0.3, 0.4) is 0 Å². The molecule has 560 valence electrons. The molecule has 4 heterocycles. The summed E-state index contributed by atoms with van der Waals surface area (Å²) in [5, 5.41) is 1.98. The molecule has 4 atom stereocenters. The van der Waals surface area contributed by atoms with Gasteiger partial charge in [-0.1, -0.05) is 37.4 Å². The Kier molecular flexibility index (Phi) is 21.1. The maximum absolute atomic E-state index is 16.6. The van der Waals surface area contributed by atoms with Crippen molar-refractivity contribution in [3.05, 3.63) is 188 Å². The number of esters is 2. The summed E-state index contributed by atoms with van der Waals surface area (Å²) < 4.78 is 52.3. The Bertz CT molecular complexity index is 4620. The standard InChI is InChI=1S/C86H90N6O16/c1-45(2)85(99)103-27-25-87-17-21-89(22-18-87)83(97)77(55(13)101-15)91-79(93)61-41-65(105-57-33-47(5)29-48(6)34-57)71-73-67(107-59-37-51(9)31-52(10)38-59)43-63-70-64(82(96)92(81(63)95)78(56(14)102-16)84(98)90-23-19-88(20-24-90)26-28-104-86(100)46(3)4)44-68(108-60-39-53(11)32-54(12)40-60)74(76(70)73)72-66(42-62(80(91)94)69(61)75(71)72)106-58-35-49(7)30-50(8)36-58/h29-44,55-56,77-78H,1,3,17-28H2,2,4-16H3. The fourth-order valence-electron chi connectivity index (χ4n) is 15.7. The highest BCUT2D eigenvalue weighted by Crippen LogP contribution is 2.58. The van der Waals surface area contributed by atoms with E-state index in [0.29, 0.717) is 62.3 Å². The first-order valence-corrected chi connectivity index (χ1v) is 36.4. The normalized spacial score (nSPS) is 16.0. The highest BCUT2D eigenvalue weighted by Gasteiger charge is 2.50. The SMILES string of the molecule is C=C(C)C(=O)OCCN1CCN(C(=O)C(C(C)OC)N2C(=O)c3cc(Oc4cc(C)cc(C)c4)c4c5c(Oc6cc(C)cc(C)c6)cc6c7c(cc(Oc8cc(C)cc(C)c8)c(c8c(Oc9cc(C)cc(C)c9)cc(c3c48)C2=O)c75)C(=O)N(C(C(=O)N2CCN(CCOC(=O)C(=C)C)CC2)C(C)OC)C6=O)CC1. The third-order valence-electron chi connectivity index (χ3n) is 20.7. The molecule has 0 saturated carbocycles. The molecule has 22 heteroatoms. The zero-order valence-corrected chi connectivity index (χ0v) is 63.7. The van der Waals surface area contributed by atoms with Crippen LogP contribution in [-0.4, -0.2) is 194 Å². The number of imide groups is 2. The number of fused-ring (bicyclic) bond motifs is 2. The van der Waals surface area contributed by atoms with Crippen LogP contribution in [0.25, 0.3) is 43.1 Å². The molecule has 4 aliphatic rings. The number of rotatable bonds is 24. The van der Waals surface area contributed by atoms with Crippen molar-refractivity contribution >= 4 is 90.5 Å². The van der Waals surface area contributed by atoms with Crippen LogP contribution in [0.2, 0.25) is 0 Å². The summed E-state index contributed by atoms with van der Waals surface area (Å²) in [7, 11) is 2.83. The summed E-state index contributed by atoms with van der Waals surface area (Å²) in [6.45, 7) is 32.7. The summed E-state index contributed by atoms with van der Waals surface area (Å²) in [6, 6.07) is 26.1. The summed E-state index contributed by atoms with van der Waals surface area (Å²) in [5.41, 5.74) is 7.27. The van der Waals surface area contributed by atoms with Gasteiger partial charge < -0.3 is 47.7 Å². The Morgan fingerprint density at radius 2 is 0.602 bits per heavy atom. The van der Waals surface area contributed by atoms with Gasteiger partial charge in [0.15, 0.2) is 0 Å². The summed E-state index contributed by atoms with van der Waals surface area (Å²) in [5.74, 6) is -3.65. The van der Waals surface area contributed by atoms with Crippen molar-refractivity contribution in [3.8, 4) is 46.0 Å². The minimum absolute atomic E-state index is 0.0192. The first-order valence-electron chi connectivity index (χ1n) is 36.4. The Morgan fingerprint density at radius 1 is 0.361 bits per heavy atom. The van der Waals surface area contributed by atoms with Gasteiger partial charge >= 0.3 is 11.9 Å². The molecule has 4 aliphatic heterocycles. The quantitative estimate of drug-likeness (QED) is 0.0180. The van der Waals surface area contributed by atoms with E-state index in [1.54, 1.807) is 61.8 Å². The maximum atomic E-state index is 16.6. The molecule has 108 heavy (non-hydrogen) atoms. The second kappa shape index (κ2) is 30.3. The Morgan fingerprint density at radius 3 is 0.824 bits per heavy atom. The van der Waals surface area contributed by atoms with Gasteiger partial charge in [0.25, 0.3) is 23.6 Å². The molecule has 0 N–H and O–H groups in total. The first kappa shape index (κ1) is 75.2. The fourth-order valence-corrected chi connectivity index (χ4v) is 15.7. The lowest BCUT2D eigenvalue weighted by Crippen LogP contribution is -2.61. The molecule has 0 radical (unpaired) electrons. The molecule has 0 aliphatic carbocycles. The number of amides is 6. The summed E-state index contributed by atoms with van der Waals surface area (Å²) in [4.78, 5) is 131. The molecule has 6 amide bonds. The van der Waals surface area contributed by atoms with Crippen LogP contribution in [-0.2, 0) is 38.1 Å². The van der Waals surface area contributed by atoms with Gasteiger partial charge in [0.05, 0.1) is 34.5 Å². The van der Waals surface area contributed by atoms with Crippen LogP contribution in [0.15, 0.2) is 121 Å². The molecule has 0 spiro atoms. The molecule has 2 fully saturated rings. The number of benzene rings is 9. The highest BCUT2D eigenvalue weighted by molar-refractivity contribution is 6.45. The Hall–Kier alpha value is -11.0. The van der Waals surface area contributed by atoms with E-state index in [2.05, 4.69) is 23.0 Å². The van der Waals surface area contributed by atoms with Crippen LogP contribution in [0.4, 0.5) is 0 Å². The zero-order chi connectivity index (χ0) is 77.2. The molecule has 9 aromatic rings. The largest absolute Gasteiger partial charge is 0.461 e. The second-order valence-electron chi connectivity index (χ2n) is 29.3. The lowest BCUT2D eigenvalue weighted by Gasteiger charge is -2.41. The van der Waals surface area contributed by atoms with Gasteiger partial charge in [-0.05, 0) is 200 Å². The third kappa shape index (κ3) is 14.4. The lowest BCUT2D eigenvalue weighted by atomic mass is 9.80. The molecular formula is C86H90N6O16. The predicted molar refractivity (Wildman–Crippen MR) is 411 cm³/mol. The van der Waals surface area contributed by atoms with Gasteiger partial charge in [0.1, 0.15) is 71.3 Å². The minimum Gasteiger partial charge on any atom is -0.461 e.